The highest BCUT2D eigenvalue weighted by Crippen LogP contribution is 1.95. The highest BCUT2D eigenvalue weighted by molar-refractivity contribution is 7.43. The minimum Gasteiger partial charge on any atom is -0.366 e. The van der Waals surface area contributed by atoms with E-state index in [1.807, 2.05) is 6.92 Å². The van der Waals surface area contributed by atoms with Crippen molar-refractivity contribution in [1.29, 1.82) is 0 Å². The first kappa shape index (κ1) is 7.64. The van der Waals surface area contributed by atoms with E-state index in [0.29, 0.717) is 0 Å². The lowest BCUT2D eigenvalue weighted by Crippen LogP contribution is -2.18. The van der Waals surface area contributed by atoms with Crippen molar-refractivity contribution in [3.63, 3.8) is 0 Å². The topological polar surface area (TPSA) is 43.1 Å². The van der Waals surface area contributed by atoms with E-state index in [1.54, 1.807) is 6.92 Å². The van der Waals surface area contributed by atoms with Crippen molar-refractivity contribution >= 4 is 19.4 Å². The zero-order valence-corrected chi connectivity index (χ0v) is 6.03. The van der Waals surface area contributed by atoms with Gasteiger partial charge in [0.25, 0.3) is 0 Å². The maximum absolute atomic E-state index is 10.3. The number of carbonyl (C=O) groups is 1. The number of primary amides is 1. The first-order valence-corrected chi connectivity index (χ1v) is 3.57. The lowest BCUT2D eigenvalue weighted by Gasteiger charge is -1.87. The molecule has 0 aromatic heterocycles. The molecule has 0 spiro atoms. The van der Waals surface area contributed by atoms with Crippen LogP contribution in [0.5, 0.6) is 0 Å². The fourth-order valence-corrected chi connectivity index (χ4v) is 0.945. The van der Waals surface area contributed by atoms with Crippen LogP contribution in [-0.2, 0) is 4.79 Å². The standard InChI is InChI=1S/C5H10NOP/c1-3-8-4(2)5(6)7/h3H2,1-2H3,(H2,6,7). The quantitative estimate of drug-likeness (QED) is 0.549. The molecule has 0 saturated heterocycles. The Bertz CT molecular complexity index is 120. The zero-order valence-electron chi connectivity index (χ0n) is 5.14. The summed E-state index contributed by atoms with van der Waals surface area (Å²) in [5.74, 6) is -0.284. The van der Waals surface area contributed by atoms with E-state index in [1.165, 1.54) is 0 Å². The second kappa shape index (κ2) is 3.62. The Morgan fingerprint density at radius 2 is 2.25 bits per heavy atom. The number of nitrogens with two attached hydrogens (primary N) is 1. The van der Waals surface area contributed by atoms with Gasteiger partial charge in [-0.3, -0.25) is 4.79 Å². The molecule has 0 atom stereocenters. The third-order valence-corrected chi connectivity index (χ3v) is 1.76. The van der Waals surface area contributed by atoms with Crippen molar-refractivity contribution in [2.75, 3.05) is 6.16 Å². The summed E-state index contributed by atoms with van der Waals surface area (Å²) in [6.07, 6.45) is 0.967. The summed E-state index contributed by atoms with van der Waals surface area (Å²) in [6, 6.07) is 0. The molecule has 0 aromatic rings. The van der Waals surface area contributed by atoms with Crippen molar-refractivity contribution < 1.29 is 4.79 Å². The number of hydrogen-bond donors (Lipinski definition) is 1. The molecule has 46 valence electrons. The van der Waals surface area contributed by atoms with E-state index in [9.17, 15) is 4.79 Å². The van der Waals surface area contributed by atoms with Gasteiger partial charge < -0.3 is 5.73 Å². The summed E-state index contributed by atoms with van der Waals surface area (Å²) in [6.45, 7) is 3.77. The Morgan fingerprint density at radius 3 is 2.38 bits per heavy atom. The lowest BCUT2D eigenvalue weighted by molar-refractivity contribution is -0.111. The van der Waals surface area contributed by atoms with Crippen LogP contribution in [0.4, 0.5) is 0 Å². The summed E-state index contributed by atoms with van der Waals surface area (Å²) < 4.78 is 0. The lowest BCUT2D eigenvalue weighted by atomic mass is 10.5. The fourth-order valence-electron chi connectivity index (χ4n) is 0.315. The molecule has 2 nitrogen and oxygen atoms in total. The van der Waals surface area contributed by atoms with E-state index in [2.05, 4.69) is 0 Å². The Morgan fingerprint density at radius 1 is 1.75 bits per heavy atom. The van der Waals surface area contributed by atoms with Gasteiger partial charge in [0.15, 0.2) is 0 Å². The van der Waals surface area contributed by atoms with Crippen LogP contribution in [0.1, 0.15) is 13.8 Å². The van der Waals surface area contributed by atoms with Crippen LogP contribution < -0.4 is 5.73 Å². The van der Waals surface area contributed by atoms with E-state index in [0.717, 1.165) is 19.7 Å². The largest absolute Gasteiger partial charge is 0.366 e. The molecule has 0 aliphatic rings. The molecular weight excluding hydrogens is 121 g/mol. The predicted octanol–water partition coefficient (Wildman–Crippen LogP) is 0.630. The highest BCUT2D eigenvalue weighted by Gasteiger charge is 1.92. The van der Waals surface area contributed by atoms with Crippen LogP contribution in [0.2, 0.25) is 0 Å². The summed E-state index contributed by atoms with van der Waals surface area (Å²) >= 11 is 0. The number of amides is 1. The van der Waals surface area contributed by atoms with Crippen LogP contribution in [0.25, 0.3) is 0 Å². The maximum atomic E-state index is 10.3. The van der Waals surface area contributed by atoms with Crippen molar-refractivity contribution in [2.24, 2.45) is 5.73 Å². The monoisotopic (exact) mass is 131 g/mol. The Labute approximate surface area is 50.9 Å². The van der Waals surface area contributed by atoms with Gasteiger partial charge in [-0.05, 0) is 13.1 Å². The molecule has 0 heterocycles. The first-order chi connectivity index (χ1) is 3.68. The molecular formula is C5H10NOP. The fraction of sp³-hybridized carbons (Fsp3) is 0.600. The first-order valence-electron chi connectivity index (χ1n) is 2.49. The minimum absolute atomic E-state index is 0.284. The Hall–Kier alpha value is -0.360. The smallest absolute Gasteiger partial charge is 0.248 e. The Kier molecular flexibility index (Phi) is 3.46. The predicted molar refractivity (Wildman–Crippen MR) is 37.3 cm³/mol. The second-order valence-corrected chi connectivity index (χ2v) is 3.04. The van der Waals surface area contributed by atoms with E-state index < -0.39 is 0 Å². The minimum atomic E-state index is -0.284. The van der Waals surface area contributed by atoms with E-state index in [4.69, 9.17) is 5.73 Å². The van der Waals surface area contributed by atoms with Crippen molar-refractivity contribution in [3.05, 3.63) is 0 Å². The van der Waals surface area contributed by atoms with Gasteiger partial charge >= 0.3 is 0 Å². The Balaban J connectivity index is 3.80. The molecule has 0 saturated carbocycles. The summed E-state index contributed by atoms with van der Waals surface area (Å²) in [4.78, 5) is 10.3. The van der Waals surface area contributed by atoms with Crippen LogP contribution >= 0.6 is 8.20 Å². The number of hydrogen-bond acceptors (Lipinski definition) is 1. The van der Waals surface area contributed by atoms with Gasteiger partial charge in [-0.25, -0.2) is 0 Å². The summed E-state index contributed by atoms with van der Waals surface area (Å²) in [5, 5.41) is 0.743. The van der Waals surface area contributed by atoms with Crippen LogP contribution in [0, 0.1) is 0 Å². The van der Waals surface area contributed by atoms with Crippen LogP contribution in [0.15, 0.2) is 0 Å². The molecule has 0 radical (unpaired) electrons. The highest BCUT2D eigenvalue weighted by atomic mass is 31.1. The van der Waals surface area contributed by atoms with E-state index >= 15 is 0 Å². The van der Waals surface area contributed by atoms with Crippen molar-refractivity contribution in [1.82, 2.24) is 0 Å². The SMILES string of the molecule is CCP=C(C)C(N)=O. The van der Waals surface area contributed by atoms with Gasteiger partial charge in [0.2, 0.25) is 5.91 Å². The molecule has 1 amide bonds. The van der Waals surface area contributed by atoms with E-state index in [-0.39, 0.29) is 5.91 Å². The molecule has 3 heteroatoms. The molecule has 0 aliphatic heterocycles. The third-order valence-electron chi connectivity index (χ3n) is 0.752. The van der Waals surface area contributed by atoms with Gasteiger partial charge in [-0.2, -0.15) is 0 Å². The van der Waals surface area contributed by atoms with Gasteiger partial charge in [-0.1, -0.05) is 15.1 Å². The summed E-state index contributed by atoms with van der Waals surface area (Å²) in [7, 11) is 1.05. The average molecular weight is 131 g/mol. The average Bonchev–Trinajstić information content (AvgIpc) is 1.67. The molecule has 8 heavy (non-hydrogen) atoms. The van der Waals surface area contributed by atoms with Gasteiger partial charge in [-0.15, -0.1) is 0 Å². The normalized spacial score (nSPS) is 11.5. The van der Waals surface area contributed by atoms with Crippen molar-refractivity contribution in [2.45, 2.75) is 13.8 Å². The van der Waals surface area contributed by atoms with Gasteiger partial charge in [0, 0.05) is 5.29 Å². The van der Waals surface area contributed by atoms with Crippen LogP contribution in [-0.4, -0.2) is 17.4 Å². The van der Waals surface area contributed by atoms with Crippen molar-refractivity contribution in [3.8, 4) is 0 Å². The second-order valence-electron chi connectivity index (χ2n) is 1.42. The number of carbonyl (C=O) groups excluding carboxylic acids is 1. The maximum Gasteiger partial charge on any atom is 0.248 e. The zero-order chi connectivity index (χ0) is 6.57. The van der Waals surface area contributed by atoms with Crippen LogP contribution in [0.3, 0.4) is 0 Å². The molecule has 0 unspecified atom stereocenters. The van der Waals surface area contributed by atoms with Gasteiger partial charge in [0.05, 0.1) is 0 Å². The third kappa shape index (κ3) is 2.75. The molecule has 2 N–H and O–H groups in total. The molecule has 0 fully saturated rings. The number of rotatable bonds is 2. The molecule has 0 bridgehead atoms. The molecule has 0 aliphatic carbocycles. The van der Waals surface area contributed by atoms with Gasteiger partial charge in [0.1, 0.15) is 0 Å². The molecule has 0 rings (SSSR count). The molecule has 0 aromatic carbocycles. The summed E-state index contributed by atoms with van der Waals surface area (Å²) in [5.41, 5.74) is 4.94.